The molecular weight excluding hydrogens is 298 g/mol. The van der Waals surface area contributed by atoms with Gasteiger partial charge in [-0.15, -0.1) is 0 Å². The molecule has 5 heteroatoms. The van der Waals surface area contributed by atoms with Crippen LogP contribution in [-0.2, 0) is 6.54 Å². The van der Waals surface area contributed by atoms with Crippen molar-refractivity contribution in [1.29, 1.82) is 0 Å². The lowest BCUT2D eigenvalue weighted by atomic mass is 10.0. The van der Waals surface area contributed by atoms with Gasteiger partial charge in [-0.25, -0.2) is 9.97 Å². The van der Waals surface area contributed by atoms with Crippen molar-refractivity contribution in [2.24, 2.45) is 11.8 Å². The molecule has 4 atom stereocenters. The molecule has 0 radical (unpaired) electrons. The fourth-order valence-electron chi connectivity index (χ4n) is 4.52. The summed E-state index contributed by atoms with van der Waals surface area (Å²) in [5, 5.41) is 3.23. The predicted molar refractivity (Wildman–Crippen MR) is 99.0 cm³/mol. The molecule has 0 amide bonds. The average Bonchev–Trinajstić information content (AvgIpc) is 3.13. The van der Waals surface area contributed by atoms with Gasteiger partial charge in [-0.05, 0) is 65.1 Å². The molecule has 5 nitrogen and oxygen atoms in total. The van der Waals surface area contributed by atoms with Crippen LogP contribution in [0.5, 0.6) is 0 Å². The van der Waals surface area contributed by atoms with Gasteiger partial charge >= 0.3 is 0 Å². The van der Waals surface area contributed by atoms with Crippen LogP contribution in [0.4, 0.5) is 5.95 Å². The number of nitrogens with one attached hydrogen (secondary N) is 1. The molecule has 0 saturated heterocycles. The normalized spacial score (nSPS) is 29.4. The summed E-state index contributed by atoms with van der Waals surface area (Å²) in [6.07, 6.45) is 10.5. The molecule has 0 bridgehead atoms. The van der Waals surface area contributed by atoms with Gasteiger partial charge in [-0.1, -0.05) is 6.92 Å². The van der Waals surface area contributed by atoms with Crippen molar-refractivity contribution in [3.05, 3.63) is 18.0 Å². The molecule has 3 rings (SSSR count). The molecule has 0 spiro atoms. The zero-order valence-electron chi connectivity index (χ0n) is 15.7. The summed E-state index contributed by atoms with van der Waals surface area (Å²) in [6.45, 7) is 4.03. The maximum atomic E-state index is 4.43. The zero-order valence-corrected chi connectivity index (χ0v) is 15.7. The molecule has 2 saturated carbocycles. The highest BCUT2D eigenvalue weighted by Crippen LogP contribution is 2.46. The fraction of sp³-hybridized carbons (Fsp3) is 0.789. The van der Waals surface area contributed by atoms with Crippen LogP contribution in [0.2, 0.25) is 0 Å². The Morgan fingerprint density at radius 1 is 1.00 bits per heavy atom. The molecule has 2 fully saturated rings. The van der Waals surface area contributed by atoms with Crippen LogP contribution in [0.15, 0.2) is 12.4 Å². The predicted octanol–water partition coefficient (Wildman–Crippen LogP) is 2.85. The van der Waals surface area contributed by atoms with Crippen LogP contribution >= 0.6 is 0 Å². The van der Waals surface area contributed by atoms with Crippen LogP contribution in [0.1, 0.15) is 44.6 Å². The molecule has 1 aromatic heterocycles. The standard InChI is InChI=1S/C19H33N5/c1-5-6-20-19-21-11-14(12-22-19)13-24(4)18-9-15-7-17(23(2)3)8-16(15)10-18/h11-12,15-18H,5-10,13H2,1-4H3,(H,20,21,22)/t15-,16+,17?,18?. The number of fused-ring (bicyclic) bond motifs is 1. The van der Waals surface area contributed by atoms with Crippen LogP contribution in [-0.4, -0.2) is 59.5 Å². The van der Waals surface area contributed by atoms with E-state index in [1.807, 2.05) is 12.4 Å². The molecule has 0 aromatic carbocycles. The Morgan fingerprint density at radius 3 is 2.12 bits per heavy atom. The van der Waals surface area contributed by atoms with Gasteiger partial charge in [0.2, 0.25) is 5.95 Å². The van der Waals surface area contributed by atoms with Crippen LogP contribution in [0.3, 0.4) is 0 Å². The third-order valence-electron chi connectivity index (χ3n) is 5.99. The van der Waals surface area contributed by atoms with Crippen molar-refractivity contribution < 1.29 is 0 Å². The van der Waals surface area contributed by atoms with E-state index in [9.17, 15) is 0 Å². The second-order valence-electron chi connectivity index (χ2n) is 7.99. The van der Waals surface area contributed by atoms with E-state index >= 15 is 0 Å². The van der Waals surface area contributed by atoms with E-state index in [2.05, 4.69) is 53.2 Å². The van der Waals surface area contributed by atoms with E-state index in [0.29, 0.717) is 0 Å². The third kappa shape index (κ3) is 4.06. The molecule has 1 heterocycles. The van der Waals surface area contributed by atoms with Crippen molar-refractivity contribution in [3.8, 4) is 0 Å². The first-order valence-corrected chi connectivity index (χ1v) is 9.48. The molecule has 2 aliphatic carbocycles. The minimum absolute atomic E-state index is 0.723. The summed E-state index contributed by atoms with van der Waals surface area (Å²) in [6, 6.07) is 1.53. The Labute approximate surface area is 146 Å². The summed E-state index contributed by atoms with van der Waals surface area (Å²) in [7, 11) is 6.72. The molecule has 2 unspecified atom stereocenters. The highest BCUT2D eigenvalue weighted by atomic mass is 15.1. The molecule has 134 valence electrons. The van der Waals surface area contributed by atoms with E-state index in [4.69, 9.17) is 0 Å². The maximum Gasteiger partial charge on any atom is 0.222 e. The summed E-state index contributed by atoms with van der Waals surface area (Å²) in [5.74, 6) is 2.61. The summed E-state index contributed by atoms with van der Waals surface area (Å²) < 4.78 is 0. The number of hydrogen-bond acceptors (Lipinski definition) is 5. The maximum absolute atomic E-state index is 4.43. The van der Waals surface area contributed by atoms with Crippen LogP contribution in [0, 0.1) is 11.8 Å². The first-order chi connectivity index (χ1) is 11.6. The van der Waals surface area contributed by atoms with E-state index in [1.54, 1.807) is 0 Å². The lowest BCUT2D eigenvalue weighted by Crippen LogP contribution is -2.31. The SMILES string of the molecule is CCCNc1ncc(CN(C)C2C[C@H]3CC(N(C)C)C[C@H]3C2)cn1. The topological polar surface area (TPSA) is 44.3 Å². The van der Waals surface area contributed by atoms with E-state index in [-0.39, 0.29) is 0 Å². The minimum atomic E-state index is 0.723. The second kappa shape index (κ2) is 7.79. The van der Waals surface area contributed by atoms with Crippen molar-refractivity contribution in [2.45, 2.75) is 57.7 Å². The number of nitrogens with zero attached hydrogens (tertiary/aromatic N) is 4. The molecule has 2 aliphatic rings. The van der Waals surface area contributed by atoms with E-state index < -0.39 is 0 Å². The van der Waals surface area contributed by atoms with Crippen molar-refractivity contribution in [3.63, 3.8) is 0 Å². The largest absolute Gasteiger partial charge is 0.354 e. The molecule has 1 N–H and O–H groups in total. The monoisotopic (exact) mass is 331 g/mol. The van der Waals surface area contributed by atoms with Gasteiger partial charge in [-0.2, -0.15) is 0 Å². The molecule has 24 heavy (non-hydrogen) atoms. The summed E-state index contributed by atoms with van der Waals surface area (Å²) in [5.41, 5.74) is 1.21. The molecule has 1 aromatic rings. The lowest BCUT2D eigenvalue weighted by Gasteiger charge is -2.26. The van der Waals surface area contributed by atoms with Gasteiger partial charge in [-0.3, -0.25) is 4.90 Å². The zero-order chi connectivity index (χ0) is 17.1. The Morgan fingerprint density at radius 2 is 1.58 bits per heavy atom. The average molecular weight is 332 g/mol. The van der Waals surface area contributed by atoms with Gasteiger partial charge in [0.25, 0.3) is 0 Å². The highest BCUT2D eigenvalue weighted by molar-refractivity contribution is 5.24. The smallest absolute Gasteiger partial charge is 0.222 e. The lowest BCUT2D eigenvalue weighted by molar-refractivity contribution is 0.211. The van der Waals surface area contributed by atoms with Crippen molar-refractivity contribution >= 4 is 5.95 Å². The fourth-order valence-corrected chi connectivity index (χ4v) is 4.52. The number of rotatable bonds is 7. The Balaban J connectivity index is 1.49. The quantitative estimate of drug-likeness (QED) is 0.832. The van der Waals surface area contributed by atoms with Gasteiger partial charge in [0, 0.05) is 43.1 Å². The van der Waals surface area contributed by atoms with Gasteiger partial charge < -0.3 is 10.2 Å². The van der Waals surface area contributed by atoms with E-state index in [1.165, 1.54) is 31.2 Å². The highest BCUT2D eigenvalue weighted by Gasteiger charge is 2.43. The minimum Gasteiger partial charge on any atom is -0.354 e. The number of anilines is 1. The number of aromatic nitrogens is 2. The third-order valence-corrected chi connectivity index (χ3v) is 5.99. The van der Waals surface area contributed by atoms with Crippen LogP contribution in [0.25, 0.3) is 0 Å². The Kier molecular flexibility index (Phi) is 5.72. The Hall–Kier alpha value is -1.20. The van der Waals surface area contributed by atoms with Crippen LogP contribution < -0.4 is 5.32 Å². The van der Waals surface area contributed by atoms with Gasteiger partial charge in [0.1, 0.15) is 0 Å². The van der Waals surface area contributed by atoms with E-state index in [0.717, 1.165) is 49.4 Å². The molecular formula is C19H33N5. The summed E-state index contributed by atoms with van der Waals surface area (Å²) >= 11 is 0. The summed E-state index contributed by atoms with van der Waals surface area (Å²) in [4.78, 5) is 13.8. The second-order valence-corrected chi connectivity index (χ2v) is 7.99. The first kappa shape index (κ1) is 17.6. The Bertz CT molecular complexity index is 501. The first-order valence-electron chi connectivity index (χ1n) is 9.48. The van der Waals surface area contributed by atoms with Crippen molar-refractivity contribution in [2.75, 3.05) is 33.0 Å². The molecule has 0 aliphatic heterocycles. The van der Waals surface area contributed by atoms with Gasteiger partial charge in [0.05, 0.1) is 0 Å². The van der Waals surface area contributed by atoms with Gasteiger partial charge in [0.15, 0.2) is 0 Å². The number of hydrogen-bond donors (Lipinski definition) is 1. The van der Waals surface area contributed by atoms with Crippen molar-refractivity contribution in [1.82, 2.24) is 19.8 Å².